The molecular formula is C27H37NO2S. The van der Waals surface area contributed by atoms with Gasteiger partial charge in [-0.15, -0.1) is 11.8 Å². The van der Waals surface area contributed by atoms with Gasteiger partial charge in [0.1, 0.15) is 5.60 Å². The maximum Gasteiger partial charge on any atom is 0.412 e. The summed E-state index contributed by atoms with van der Waals surface area (Å²) in [4.78, 5) is 14.1. The lowest BCUT2D eigenvalue weighted by Crippen LogP contribution is -2.47. The van der Waals surface area contributed by atoms with Crippen LogP contribution in [0.25, 0.3) is 5.57 Å². The Morgan fingerprint density at radius 2 is 2.10 bits per heavy atom. The van der Waals surface area contributed by atoms with Crippen LogP contribution >= 0.6 is 11.8 Å². The summed E-state index contributed by atoms with van der Waals surface area (Å²) in [6, 6.07) is 8.24. The van der Waals surface area contributed by atoms with Crippen LogP contribution in [-0.2, 0) is 4.74 Å². The number of hydrogen-bond donors (Lipinski definition) is 1. The van der Waals surface area contributed by atoms with Gasteiger partial charge < -0.3 is 4.74 Å². The van der Waals surface area contributed by atoms with Crippen molar-refractivity contribution in [3.05, 3.63) is 60.3 Å². The molecule has 0 radical (unpaired) electrons. The summed E-state index contributed by atoms with van der Waals surface area (Å²) in [5.74, 6) is 1.39. The van der Waals surface area contributed by atoms with Gasteiger partial charge in [0.2, 0.25) is 0 Å². The molecule has 1 aromatic carbocycles. The van der Waals surface area contributed by atoms with Crippen molar-refractivity contribution in [2.24, 2.45) is 11.8 Å². The van der Waals surface area contributed by atoms with Crippen LogP contribution in [0.3, 0.4) is 0 Å². The largest absolute Gasteiger partial charge is 0.443 e. The summed E-state index contributed by atoms with van der Waals surface area (Å²) >= 11 is 1.71. The Morgan fingerprint density at radius 1 is 1.29 bits per heavy atom. The highest BCUT2D eigenvalue weighted by Gasteiger charge is 2.45. The van der Waals surface area contributed by atoms with Gasteiger partial charge in [-0.2, -0.15) is 0 Å². The first-order valence-corrected chi connectivity index (χ1v) is 12.9. The van der Waals surface area contributed by atoms with Gasteiger partial charge in [-0.3, -0.25) is 5.32 Å². The first kappa shape index (κ1) is 23.7. The summed E-state index contributed by atoms with van der Waals surface area (Å²) in [5.41, 5.74) is 2.54. The van der Waals surface area contributed by atoms with Crippen LogP contribution in [0, 0.1) is 11.8 Å². The first-order chi connectivity index (χ1) is 15.0. The monoisotopic (exact) mass is 439 g/mol. The molecule has 1 N–H and O–H groups in total. The van der Waals surface area contributed by atoms with E-state index in [1.165, 1.54) is 30.6 Å². The number of fused-ring (bicyclic) bond motifs is 2. The number of rotatable bonds is 8. The molecule has 0 heterocycles. The van der Waals surface area contributed by atoms with Gasteiger partial charge in [-0.25, -0.2) is 4.79 Å². The van der Waals surface area contributed by atoms with E-state index in [1.54, 1.807) is 11.8 Å². The van der Waals surface area contributed by atoms with E-state index in [9.17, 15) is 4.79 Å². The van der Waals surface area contributed by atoms with E-state index in [4.69, 9.17) is 4.74 Å². The van der Waals surface area contributed by atoms with Crippen LogP contribution in [0.4, 0.5) is 4.79 Å². The van der Waals surface area contributed by atoms with Crippen LogP contribution in [-0.4, -0.2) is 18.0 Å². The average Bonchev–Trinajstić information content (AvgIpc) is 2.76. The van der Waals surface area contributed by atoms with Crippen LogP contribution in [0.5, 0.6) is 0 Å². The van der Waals surface area contributed by atoms with E-state index in [0.29, 0.717) is 11.8 Å². The molecular weight excluding hydrogens is 402 g/mol. The van der Waals surface area contributed by atoms with E-state index in [-0.39, 0.29) is 11.7 Å². The smallest absolute Gasteiger partial charge is 0.412 e. The Bertz CT molecular complexity index is 843. The molecule has 1 aromatic rings. The first-order valence-electron chi connectivity index (χ1n) is 11.7. The molecule has 0 aliphatic heterocycles. The second-order valence-corrected chi connectivity index (χ2v) is 9.85. The molecule has 2 aliphatic rings. The van der Waals surface area contributed by atoms with Crippen LogP contribution in [0.1, 0.15) is 70.8 Å². The number of amides is 1. The number of benzene rings is 1. The lowest BCUT2D eigenvalue weighted by molar-refractivity contribution is -0.0751. The standard InChI is InChI=1S/C27H37NO2S/c1-5-10-23(15-14-20(3)24-12-7-8-13-25(24)31-4)28-26(29)30-27-16-9-11-22(19-27)17-21(6-2)18-27/h7-8,10,12-15,21-22H,3,5-6,9,11,16-19H2,1-2,4H3,(H,28,29)/b15-14-,23-10+. The fraction of sp³-hybridized carbons (Fsp3) is 0.519. The molecule has 168 valence electrons. The Hall–Kier alpha value is -1.94. The maximum absolute atomic E-state index is 12.9. The van der Waals surface area contributed by atoms with E-state index in [1.807, 2.05) is 30.4 Å². The predicted octanol–water partition coefficient (Wildman–Crippen LogP) is 7.75. The number of carbonyl (C=O) groups excluding carboxylic acids is 1. The van der Waals surface area contributed by atoms with E-state index < -0.39 is 0 Å². The van der Waals surface area contributed by atoms with Crippen LogP contribution in [0.2, 0.25) is 0 Å². The van der Waals surface area contributed by atoms with E-state index >= 15 is 0 Å². The molecule has 2 saturated carbocycles. The van der Waals surface area contributed by atoms with Crippen molar-refractivity contribution in [3.8, 4) is 0 Å². The topological polar surface area (TPSA) is 38.3 Å². The van der Waals surface area contributed by atoms with Gasteiger partial charge in [-0.05, 0) is 79.9 Å². The normalized spacial score (nSPS) is 26.0. The number of alkyl carbamates (subject to hydrolysis) is 1. The average molecular weight is 440 g/mol. The summed E-state index contributed by atoms with van der Waals surface area (Å²) < 4.78 is 6.14. The molecule has 4 heteroatoms. The van der Waals surface area contributed by atoms with E-state index in [0.717, 1.165) is 42.5 Å². The van der Waals surface area contributed by atoms with Crippen molar-refractivity contribution in [2.75, 3.05) is 6.26 Å². The second kappa shape index (κ2) is 11.1. The van der Waals surface area contributed by atoms with Crippen molar-refractivity contribution < 1.29 is 9.53 Å². The molecule has 3 rings (SSSR count). The van der Waals surface area contributed by atoms with Gasteiger partial charge in [0, 0.05) is 10.6 Å². The maximum atomic E-state index is 12.9. The third kappa shape index (κ3) is 6.29. The van der Waals surface area contributed by atoms with Gasteiger partial charge in [0.25, 0.3) is 0 Å². The molecule has 2 aliphatic carbocycles. The zero-order chi connectivity index (χ0) is 22.3. The SMILES string of the molecule is C=C(/C=C\C(=C/CC)NC(=O)OC12CCCC(CC(CC)C1)C2)c1ccccc1SC. The summed E-state index contributed by atoms with van der Waals surface area (Å²) in [5, 5.41) is 3.00. The number of thioether (sulfide) groups is 1. The molecule has 2 bridgehead atoms. The molecule has 3 atom stereocenters. The van der Waals surface area contributed by atoms with Crippen LogP contribution < -0.4 is 5.32 Å². The third-order valence-electron chi connectivity index (χ3n) is 6.71. The second-order valence-electron chi connectivity index (χ2n) is 9.00. The number of ether oxygens (including phenoxy) is 1. The van der Waals surface area contributed by atoms with Gasteiger partial charge >= 0.3 is 6.09 Å². The number of nitrogens with one attached hydrogen (secondary N) is 1. The van der Waals surface area contributed by atoms with Crippen molar-refractivity contribution in [1.29, 1.82) is 0 Å². The summed E-state index contributed by atoms with van der Waals surface area (Å²) in [6.45, 7) is 8.55. The van der Waals surface area contributed by atoms with Gasteiger partial charge in [0.05, 0.1) is 0 Å². The number of carbonyl (C=O) groups is 1. The Kier molecular flexibility index (Phi) is 8.48. The molecule has 31 heavy (non-hydrogen) atoms. The Morgan fingerprint density at radius 3 is 2.84 bits per heavy atom. The fourth-order valence-electron chi connectivity index (χ4n) is 5.27. The highest BCUT2D eigenvalue weighted by Crippen LogP contribution is 2.48. The van der Waals surface area contributed by atoms with Gasteiger partial charge in [0.15, 0.2) is 0 Å². The quantitative estimate of drug-likeness (QED) is 0.332. The fourth-order valence-corrected chi connectivity index (χ4v) is 5.90. The van der Waals surface area contributed by atoms with Gasteiger partial charge in [-0.1, -0.05) is 63.6 Å². The minimum Gasteiger partial charge on any atom is -0.443 e. The van der Waals surface area contributed by atoms with Crippen molar-refractivity contribution in [2.45, 2.75) is 75.7 Å². The zero-order valence-electron chi connectivity index (χ0n) is 19.3. The van der Waals surface area contributed by atoms with Crippen LogP contribution in [0.15, 0.2) is 59.7 Å². The minimum atomic E-state index is -0.322. The molecule has 3 nitrogen and oxygen atoms in total. The molecule has 1 amide bonds. The van der Waals surface area contributed by atoms with Crippen molar-refractivity contribution in [1.82, 2.24) is 5.32 Å². The Balaban J connectivity index is 1.66. The summed E-state index contributed by atoms with van der Waals surface area (Å²) in [7, 11) is 0. The Labute approximate surface area is 192 Å². The predicted molar refractivity (Wildman–Crippen MR) is 132 cm³/mol. The van der Waals surface area contributed by atoms with Crippen molar-refractivity contribution in [3.63, 3.8) is 0 Å². The lowest BCUT2D eigenvalue weighted by atomic mass is 9.64. The lowest BCUT2D eigenvalue weighted by Gasteiger charge is -2.47. The number of allylic oxidation sites excluding steroid dienone is 4. The molecule has 3 unspecified atom stereocenters. The molecule has 0 spiro atoms. The van der Waals surface area contributed by atoms with E-state index in [2.05, 4.69) is 44.1 Å². The number of hydrogen-bond acceptors (Lipinski definition) is 3. The third-order valence-corrected chi connectivity index (χ3v) is 7.50. The summed E-state index contributed by atoms with van der Waals surface area (Å²) in [6.07, 6.45) is 16.5. The zero-order valence-corrected chi connectivity index (χ0v) is 20.1. The highest BCUT2D eigenvalue weighted by molar-refractivity contribution is 7.98. The highest BCUT2D eigenvalue weighted by atomic mass is 32.2. The van der Waals surface area contributed by atoms with Crippen molar-refractivity contribution >= 4 is 23.4 Å². The molecule has 0 aromatic heterocycles. The minimum absolute atomic E-state index is 0.270. The molecule has 2 fully saturated rings. The molecule has 0 saturated heterocycles.